The SMILES string of the molecule is C/C=C\C(=O)N(C=O)CCCCCC(=O)NCC(=O)NC(CCCNC(N)=O)C(=O)Nc1ccc(COC(=O)N2CCc3ncc(NC(=O)c4cc5c(cc4OC)C=C(C(=O)N(CCC)CCC)CC(N)=N5)cc3C2)cc1. The van der Waals surface area contributed by atoms with Gasteiger partial charge >= 0.3 is 12.1 Å². The predicted molar refractivity (Wildman–Crippen MR) is 288 cm³/mol. The van der Waals surface area contributed by atoms with Crippen LogP contribution in [0.15, 0.2) is 71.4 Å². The molecule has 77 heavy (non-hydrogen) atoms. The molecule has 0 aliphatic carbocycles. The lowest BCUT2D eigenvalue weighted by atomic mass is 10.0. The first-order valence-electron chi connectivity index (χ1n) is 25.7. The number of nitrogens with two attached hydrogens (primary N) is 2. The van der Waals surface area contributed by atoms with E-state index in [1.165, 1.54) is 24.2 Å². The lowest BCUT2D eigenvalue weighted by molar-refractivity contribution is -0.134. The molecule has 0 bridgehead atoms. The van der Waals surface area contributed by atoms with Gasteiger partial charge in [-0.2, -0.15) is 0 Å². The van der Waals surface area contributed by atoms with Crippen LogP contribution >= 0.6 is 0 Å². The minimum absolute atomic E-state index is 0.0828. The molecule has 9 N–H and O–H groups in total. The van der Waals surface area contributed by atoms with E-state index in [1.807, 2.05) is 18.7 Å². The van der Waals surface area contributed by atoms with Gasteiger partial charge in [-0.25, -0.2) is 14.6 Å². The Kier molecular flexibility index (Phi) is 23.1. The average molecular weight is 1060 g/mol. The first-order chi connectivity index (χ1) is 37.0. The fourth-order valence-corrected chi connectivity index (χ4v) is 8.46. The molecule has 2 aliphatic heterocycles. The number of amides is 10. The number of carbonyl (C=O) groups excluding carboxylic acids is 9. The number of unbranched alkanes of at least 4 members (excludes halogenated alkanes) is 2. The first-order valence-corrected chi connectivity index (χ1v) is 25.7. The van der Waals surface area contributed by atoms with E-state index in [4.69, 9.17) is 20.9 Å². The average Bonchev–Trinajstić information content (AvgIpc) is 3.58. The number of methoxy groups -OCH3 is 1. The van der Waals surface area contributed by atoms with E-state index in [-0.39, 0.29) is 80.9 Å². The van der Waals surface area contributed by atoms with Crippen molar-refractivity contribution in [2.24, 2.45) is 16.5 Å². The Hall–Kier alpha value is -8.63. The highest BCUT2D eigenvalue weighted by Crippen LogP contribution is 2.34. The number of anilines is 2. The van der Waals surface area contributed by atoms with E-state index in [0.29, 0.717) is 91.1 Å². The Labute approximate surface area is 447 Å². The van der Waals surface area contributed by atoms with Crippen LogP contribution < -0.4 is 42.8 Å². The maximum absolute atomic E-state index is 13.8. The highest BCUT2D eigenvalue weighted by molar-refractivity contribution is 6.09. The zero-order valence-electron chi connectivity index (χ0n) is 44.1. The van der Waals surface area contributed by atoms with Crippen molar-refractivity contribution in [2.45, 2.75) is 104 Å². The summed E-state index contributed by atoms with van der Waals surface area (Å²) >= 11 is 0. The van der Waals surface area contributed by atoms with Gasteiger partial charge in [0.05, 0.1) is 43.3 Å². The smallest absolute Gasteiger partial charge is 0.410 e. The standard InChI is InChI=1S/C54H70N12O11/c1-5-12-49(70)66(34-67)23-10-8-9-14-47(68)59-31-48(69)63-43(13-11-20-57-53(56)74)51(72)60-39-17-15-35(16-18-39)33-77-54(75)65-24-19-42-38(32-65)26-40(30-58-42)61-50(71)41-29-44-36(27-45(41)76-4)25-37(28-46(55)62-44)52(73)64(21-6-2)22-7-3/h5,12,15-18,25-27,29-30,34,43H,6-11,13-14,19-24,28,31-33H2,1-4H3,(H2,55,62)(H,59,68)(H,60,72)(H,61,71)(H,63,69)(H3,56,57,74)/b12-5-. The topological polar surface area (TPSA) is 319 Å². The number of aliphatic imine (C=N–C) groups is 1. The number of hydrogen-bond acceptors (Lipinski definition) is 14. The number of aromatic nitrogens is 1. The second-order valence-corrected chi connectivity index (χ2v) is 18.3. The Morgan fingerprint density at radius 2 is 1.65 bits per heavy atom. The molecule has 0 saturated heterocycles. The van der Waals surface area contributed by atoms with Gasteiger partial charge in [0.2, 0.25) is 30.0 Å². The summed E-state index contributed by atoms with van der Waals surface area (Å²) in [7, 11) is 1.45. The molecular weight excluding hydrogens is 993 g/mol. The zero-order valence-corrected chi connectivity index (χ0v) is 44.1. The largest absolute Gasteiger partial charge is 0.496 e. The summed E-state index contributed by atoms with van der Waals surface area (Å²) in [5, 5.41) is 13.3. The van der Waals surface area contributed by atoms with Gasteiger partial charge in [-0.3, -0.25) is 43.4 Å². The van der Waals surface area contributed by atoms with Crippen LogP contribution in [0.5, 0.6) is 5.75 Å². The second kappa shape index (κ2) is 30.1. The minimum atomic E-state index is -1.05. The van der Waals surface area contributed by atoms with Crippen molar-refractivity contribution in [3.05, 3.63) is 94.3 Å². The van der Waals surface area contributed by atoms with Gasteiger partial charge in [0.1, 0.15) is 24.2 Å². The van der Waals surface area contributed by atoms with Crippen LogP contribution in [-0.2, 0) is 53.1 Å². The van der Waals surface area contributed by atoms with Crippen LogP contribution in [0.2, 0.25) is 0 Å². The van der Waals surface area contributed by atoms with Gasteiger partial charge in [-0.1, -0.05) is 38.5 Å². The molecular formula is C54H70N12O11. The van der Waals surface area contributed by atoms with Crippen molar-refractivity contribution in [1.29, 1.82) is 0 Å². The number of amidine groups is 1. The van der Waals surface area contributed by atoms with E-state index in [0.717, 1.165) is 23.4 Å². The number of primary amides is 1. The maximum Gasteiger partial charge on any atom is 0.410 e. The van der Waals surface area contributed by atoms with E-state index in [9.17, 15) is 43.2 Å². The third-order valence-corrected chi connectivity index (χ3v) is 12.3. The van der Waals surface area contributed by atoms with E-state index >= 15 is 0 Å². The third kappa shape index (κ3) is 18.3. The molecule has 2 aromatic carbocycles. The Morgan fingerprint density at radius 3 is 2.34 bits per heavy atom. The van der Waals surface area contributed by atoms with Gasteiger partial charge in [-0.15, -0.1) is 0 Å². The summed E-state index contributed by atoms with van der Waals surface area (Å²) in [6.45, 7) is 7.34. The number of benzene rings is 2. The molecule has 1 atom stereocenters. The molecule has 1 aromatic heterocycles. The van der Waals surface area contributed by atoms with Crippen molar-refractivity contribution >= 4 is 83.0 Å². The van der Waals surface area contributed by atoms with Gasteiger partial charge in [-0.05, 0) is 99.1 Å². The molecule has 23 nitrogen and oxygen atoms in total. The Bertz CT molecular complexity index is 2720. The lowest BCUT2D eigenvalue weighted by Gasteiger charge is -2.28. The molecule has 10 amide bonds. The number of hydrogen-bond donors (Lipinski definition) is 7. The lowest BCUT2D eigenvalue weighted by Crippen LogP contribution is -2.47. The minimum Gasteiger partial charge on any atom is -0.496 e. The number of pyridine rings is 1. The van der Waals surface area contributed by atoms with Crippen molar-refractivity contribution in [3.8, 4) is 5.75 Å². The summed E-state index contributed by atoms with van der Waals surface area (Å²) in [6, 6.07) is 9.75. The second-order valence-electron chi connectivity index (χ2n) is 18.3. The summed E-state index contributed by atoms with van der Waals surface area (Å²) in [5.41, 5.74) is 16.0. The molecule has 3 aromatic rings. The number of rotatable bonds is 27. The Morgan fingerprint density at radius 1 is 0.896 bits per heavy atom. The van der Waals surface area contributed by atoms with E-state index in [2.05, 4.69) is 36.6 Å². The number of imide groups is 1. The number of carbonyl (C=O) groups is 9. The molecule has 0 spiro atoms. The number of ether oxygens (including phenoxy) is 2. The van der Waals surface area contributed by atoms with Crippen LogP contribution in [0.25, 0.3) is 6.08 Å². The fraction of sp³-hybridized carbons (Fsp3) is 0.426. The van der Waals surface area contributed by atoms with Crippen molar-refractivity contribution in [1.82, 2.24) is 35.6 Å². The maximum atomic E-state index is 13.8. The van der Waals surface area contributed by atoms with Crippen molar-refractivity contribution in [2.75, 3.05) is 57.0 Å². The molecule has 1 unspecified atom stereocenters. The highest BCUT2D eigenvalue weighted by Gasteiger charge is 2.27. The van der Waals surface area contributed by atoms with E-state index in [1.54, 1.807) is 61.7 Å². The van der Waals surface area contributed by atoms with E-state index < -0.39 is 48.3 Å². The number of nitrogens with one attached hydrogen (secondary N) is 5. The van der Waals surface area contributed by atoms with Crippen molar-refractivity contribution in [3.63, 3.8) is 0 Å². The molecule has 0 saturated carbocycles. The van der Waals surface area contributed by atoms with Crippen LogP contribution in [0.3, 0.4) is 0 Å². The Balaban J connectivity index is 1.12. The summed E-state index contributed by atoms with van der Waals surface area (Å²) in [6.07, 6.45) is 10.3. The molecule has 0 radical (unpaired) electrons. The third-order valence-electron chi connectivity index (χ3n) is 12.3. The molecule has 0 fully saturated rings. The fourth-order valence-electron chi connectivity index (χ4n) is 8.46. The highest BCUT2D eigenvalue weighted by atomic mass is 16.6. The molecule has 2 aliphatic rings. The first kappa shape index (κ1) is 59.2. The van der Waals surface area contributed by atoms with Crippen LogP contribution in [0, 0.1) is 0 Å². The van der Waals surface area contributed by atoms with Crippen LogP contribution in [0.1, 0.15) is 111 Å². The number of urea groups is 1. The molecule has 23 heteroatoms. The normalized spacial score (nSPS) is 13.0. The van der Waals surface area contributed by atoms with Gasteiger partial charge in [0.15, 0.2) is 0 Å². The van der Waals surface area contributed by atoms with Crippen LogP contribution in [0.4, 0.5) is 26.7 Å². The zero-order chi connectivity index (χ0) is 55.9. The number of fused-ring (bicyclic) bond motifs is 2. The van der Waals surface area contributed by atoms with Gasteiger partial charge in [0.25, 0.3) is 11.8 Å². The quantitative estimate of drug-likeness (QED) is 0.0313. The molecule has 5 rings (SSSR count). The van der Waals surface area contributed by atoms with Crippen molar-refractivity contribution < 1.29 is 52.6 Å². The summed E-state index contributed by atoms with van der Waals surface area (Å²) in [4.78, 5) is 127. The summed E-state index contributed by atoms with van der Waals surface area (Å²) in [5.74, 6) is -2.09. The number of nitrogens with zero attached hydrogens (tertiary/aromatic N) is 5. The molecule has 3 heterocycles. The molecule has 412 valence electrons. The van der Waals surface area contributed by atoms with Crippen LogP contribution in [-0.4, -0.2) is 132 Å². The summed E-state index contributed by atoms with van der Waals surface area (Å²) < 4.78 is 11.3. The van der Waals surface area contributed by atoms with Gasteiger partial charge in [0, 0.05) is 74.5 Å². The monoisotopic (exact) mass is 1060 g/mol. The predicted octanol–water partition coefficient (Wildman–Crippen LogP) is 4.57. The number of allylic oxidation sites excluding steroid dienone is 1. The van der Waals surface area contributed by atoms with Gasteiger partial charge < -0.3 is 57.3 Å².